The van der Waals surface area contributed by atoms with Crippen LogP contribution < -0.4 is 15.6 Å². The van der Waals surface area contributed by atoms with Gasteiger partial charge in [0.15, 0.2) is 5.76 Å². The molecule has 0 unspecified atom stereocenters. The average Bonchev–Trinajstić information content (AvgIpc) is 2.65. The summed E-state index contributed by atoms with van der Waals surface area (Å²) in [7, 11) is -4.71. The van der Waals surface area contributed by atoms with E-state index in [1.165, 1.54) is 10.3 Å². The topological polar surface area (TPSA) is 106 Å². The summed E-state index contributed by atoms with van der Waals surface area (Å²) < 4.78 is 111. The van der Waals surface area contributed by atoms with E-state index in [9.17, 15) is 39.6 Å². The van der Waals surface area contributed by atoms with Gasteiger partial charge >= 0.3 is 18.4 Å². The maximum Gasteiger partial charge on any atom is 0.420 e. The minimum atomic E-state index is -5.91. The van der Waals surface area contributed by atoms with E-state index >= 15 is 0 Å². The lowest BCUT2D eigenvalue weighted by Gasteiger charge is -2.34. The number of carbonyl (C=O) groups is 1. The Morgan fingerprint density at radius 1 is 1.07 bits per heavy atom. The third kappa shape index (κ3) is 5.08. The van der Waals surface area contributed by atoms with Gasteiger partial charge in [-0.1, -0.05) is 18.2 Å². The highest BCUT2D eigenvalue weighted by Crippen LogP contribution is 2.42. The molecule has 0 aromatic heterocycles. The van der Waals surface area contributed by atoms with Gasteiger partial charge in [0.2, 0.25) is 5.54 Å². The number of carbonyl (C=O) groups excluding carboxylic acids is 1. The molecule has 0 spiro atoms. The van der Waals surface area contributed by atoms with Crippen molar-refractivity contribution < 1.29 is 49.0 Å². The van der Waals surface area contributed by atoms with Crippen molar-refractivity contribution in [2.45, 2.75) is 37.7 Å². The van der Waals surface area contributed by atoms with Crippen molar-refractivity contribution in [3.63, 3.8) is 0 Å². The van der Waals surface area contributed by atoms with E-state index in [-0.39, 0.29) is 12.7 Å². The third-order valence-corrected chi connectivity index (χ3v) is 5.05. The number of rotatable bonds is 5. The molecule has 1 heterocycles. The fraction of sp³-hybridized carbons (Fsp3) is 0.400. The average molecular weight is 463 g/mol. The van der Waals surface area contributed by atoms with E-state index in [1.807, 2.05) is 6.08 Å². The van der Waals surface area contributed by atoms with Crippen molar-refractivity contribution >= 4 is 16.1 Å². The van der Waals surface area contributed by atoms with E-state index in [1.54, 1.807) is 12.2 Å². The number of halogens is 6. The maximum atomic E-state index is 12.8. The lowest BCUT2D eigenvalue weighted by molar-refractivity contribution is -0.297. The van der Waals surface area contributed by atoms with Crippen molar-refractivity contribution in [2.24, 2.45) is 0 Å². The third-order valence-electron chi connectivity index (χ3n) is 3.96. The van der Waals surface area contributed by atoms with Gasteiger partial charge in [-0.2, -0.15) is 26.3 Å². The maximum absolute atomic E-state index is 12.8. The van der Waals surface area contributed by atoms with Crippen LogP contribution in [-0.4, -0.2) is 32.3 Å². The molecule has 168 valence electrons. The van der Waals surface area contributed by atoms with Crippen LogP contribution in [0.25, 0.3) is 0 Å². The Morgan fingerprint density at radius 2 is 1.70 bits per heavy atom. The van der Waals surface area contributed by atoms with Gasteiger partial charge in [-0.3, -0.25) is 5.43 Å². The number of nitrogens with one attached hydrogen (secondary N) is 3. The molecule has 0 aromatic carbocycles. The molecule has 2 amide bonds. The summed E-state index contributed by atoms with van der Waals surface area (Å²) in [5.41, 5.74) is -2.73. The lowest BCUT2D eigenvalue weighted by atomic mass is 10.0. The molecule has 1 aliphatic heterocycles. The Labute approximate surface area is 166 Å². The van der Waals surface area contributed by atoms with Crippen LogP contribution >= 0.6 is 0 Å². The number of hydrazine groups is 1. The Bertz CT molecular complexity index is 904. The highest BCUT2D eigenvalue weighted by atomic mass is 32.2. The predicted molar refractivity (Wildman–Crippen MR) is 89.0 cm³/mol. The van der Waals surface area contributed by atoms with Gasteiger partial charge < -0.3 is 14.8 Å². The molecule has 0 atom stereocenters. The SMILES string of the molecule is CC(NC(=O)NNS(=O)(=O)C1=COC(C2=CC=CCC2)=CO1)(C(F)(F)F)C(F)(F)F. The van der Waals surface area contributed by atoms with Gasteiger partial charge in [0.05, 0.1) is 0 Å². The van der Waals surface area contributed by atoms with Gasteiger partial charge in [0.25, 0.3) is 15.1 Å². The second-order valence-corrected chi connectivity index (χ2v) is 7.73. The first kappa shape index (κ1) is 23.6. The summed E-state index contributed by atoms with van der Waals surface area (Å²) in [5, 5.41) is -0.241. The molecular formula is C15H15F6N3O5S. The zero-order chi connectivity index (χ0) is 22.8. The molecule has 0 fully saturated rings. The summed E-state index contributed by atoms with van der Waals surface area (Å²) in [5.74, 6) is 0.204. The molecule has 2 rings (SSSR count). The van der Waals surface area contributed by atoms with E-state index < -0.39 is 39.0 Å². The molecule has 3 N–H and O–H groups in total. The van der Waals surface area contributed by atoms with Crippen LogP contribution in [0.15, 0.2) is 47.2 Å². The summed E-state index contributed by atoms with van der Waals surface area (Å²) in [6, 6.07) is -2.11. The molecule has 1 aliphatic carbocycles. The van der Waals surface area contributed by atoms with Crippen LogP contribution in [0, 0.1) is 0 Å². The molecule has 15 heteroatoms. The molecule has 0 aromatic rings. The summed E-state index contributed by atoms with van der Waals surface area (Å²) in [4.78, 5) is 12.8. The zero-order valence-corrected chi connectivity index (χ0v) is 15.8. The van der Waals surface area contributed by atoms with Crippen molar-refractivity contribution in [2.75, 3.05) is 0 Å². The van der Waals surface area contributed by atoms with Gasteiger partial charge in [0.1, 0.15) is 12.5 Å². The van der Waals surface area contributed by atoms with Gasteiger partial charge in [-0.25, -0.2) is 13.2 Å². The quantitative estimate of drug-likeness (QED) is 0.430. The minimum absolute atomic E-state index is 0.204. The van der Waals surface area contributed by atoms with E-state index in [2.05, 4.69) is 0 Å². The van der Waals surface area contributed by atoms with Crippen molar-refractivity contribution in [1.82, 2.24) is 15.6 Å². The van der Waals surface area contributed by atoms with Gasteiger partial charge in [-0.05, 0) is 25.3 Å². The number of hydrogen-bond donors (Lipinski definition) is 3. The Hall–Kier alpha value is -2.68. The number of allylic oxidation sites excluding steroid dienone is 4. The number of amides is 2. The Balaban J connectivity index is 2.00. The summed E-state index contributed by atoms with van der Waals surface area (Å²) in [6.45, 7) is -0.316. The van der Waals surface area contributed by atoms with Gasteiger partial charge in [-0.15, -0.1) is 4.83 Å². The van der Waals surface area contributed by atoms with Crippen LogP contribution in [0.5, 0.6) is 0 Å². The fourth-order valence-electron chi connectivity index (χ4n) is 2.09. The Kier molecular flexibility index (Phi) is 6.46. The van der Waals surface area contributed by atoms with E-state index in [0.29, 0.717) is 23.6 Å². The normalized spacial score (nSPS) is 17.8. The fourth-order valence-corrected chi connectivity index (χ4v) is 2.77. The standard InChI is InChI=1S/C15H15F6N3O5S/c1-13(14(16,17)18,15(19,20)21)22-12(25)23-24-30(26,27)11-8-28-10(7-29-11)9-5-3-2-4-6-9/h2-3,5,7-8,24H,4,6H2,1H3,(H2,22,23,25). The Morgan fingerprint density at radius 3 is 2.17 bits per heavy atom. The lowest BCUT2D eigenvalue weighted by Crippen LogP contribution is -2.67. The first-order chi connectivity index (χ1) is 13.7. The second kappa shape index (κ2) is 8.22. The van der Waals surface area contributed by atoms with Crippen LogP contribution in [0.3, 0.4) is 0 Å². The highest BCUT2D eigenvalue weighted by Gasteiger charge is 2.68. The van der Waals surface area contributed by atoms with Crippen LogP contribution in [-0.2, 0) is 19.5 Å². The first-order valence-corrected chi connectivity index (χ1v) is 9.49. The van der Waals surface area contributed by atoms with E-state index in [4.69, 9.17) is 9.47 Å². The number of alkyl halides is 6. The summed E-state index contributed by atoms with van der Waals surface area (Å²) in [6.07, 6.45) is -3.57. The number of urea groups is 1. The monoisotopic (exact) mass is 463 g/mol. The number of hydrogen-bond acceptors (Lipinski definition) is 5. The first-order valence-electron chi connectivity index (χ1n) is 8.00. The highest BCUT2D eigenvalue weighted by molar-refractivity contribution is 7.93. The smallest absolute Gasteiger partial charge is 0.420 e. The molecular weight excluding hydrogens is 448 g/mol. The van der Waals surface area contributed by atoms with Crippen LogP contribution in [0.1, 0.15) is 19.8 Å². The molecule has 30 heavy (non-hydrogen) atoms. The van der Waals surface area contributed by atoms with Crippen molar-refractivity contribution in [3.05, 3.63) is 47.2 Å². The minimum Gasteiger partial charge on any atom is -0.457 e. The van der Waals surface area contributed by atoms with Gasteiger partial charge in [0, 0.05) is 0 Å². The molecule has 0 bridgehead atoms. The van der Waals surface area contributed by atoms with Crippen molar-refractivity contribution in [3.8, 4) is 0 Å². The van der Waals surface area contributed by atoms with Crippen LogP contribution in [0.4, 0.5) is 31.1 Å². The van der Waals surface area contributed by atoms with Crippen LogP contribution in [0.2, 0.25) is 0 Å². The number of ether oxygens (including phenoxy) is 2. The van der Waals surface area contributed by atoms with E-state index in [0.717, 1.165) is 12.7 Å². The molecule has 2 aliphatic rings. The summed E-state index contributed by atoms with van der Waals surface area (Å²) >= 11 is 0. The largest absolute Gasteiger partial charge is 0.457 e. The zero-order valence-electron chi connectivity index (χ0n) is 15.0. The molecule has 0 saturated heterocycles. The molecule has 8 nitrogen and oxygen atoms in total. The molecule has 0 saturated carbocycles. The van der Waals surface area contributed by atoms with Crippen molar-refractivity contribution in [1.29, 1.82) is 0 Å². The molecule has 0 radical (unpaired) electrons. The number of sulfonamides is 1. The second-order valence-electron chi connectivity index (χ2n) is 6.12. The predicted octanol–water partition coefficient (Wildman–Crippen LogP) is 2.97.